The van der Waals surface area contributed by atoms with Gasteiger partial charge in [0.15, 0.2) is 5.82 Å². The minimum absolute atomic E-state index is 0.00624. The molecule has 2 aromatic heterocycles. The first kappa shape index (κ1) is 24.5. The Bertz CT molecular complexity index is 1410. The molecule has 1 amide bonds. The Kier molecular flexibility index (Phi) is 6.63. The van der Waals surface area contributed by atoms with Crippen LogP contribution in [0.15, 0.2) is 36.8 Å². The van der Waals surface area contributed by atoms with Crippen LogP contribution >= 0.6 is 0 Å². The van der Waals surface area contributed by atoms with Gasteiger partial charge in [0.1, 0.15) is 12.7 Å². The van der Waals surface area contributed by atoms with Crippen molar-refractivity contribution in [1.82, 2.24) is 25.0 Å². The van der Waals surface area contributed by atoms with Crippen molar-refractivity contribution in [3.63, 3.8) is 0 Å². The number of piperidine rings is 1. The van der Waals surface area contributed by atoms with Crippen LogP contribution in [0.2, 0.25) is 0 Å². The van der Waals surface area contributed by atoms with Crippen molar-refractivity contribution in [3.8, 4) is 11.9 Å². The third kappa shape index (κ3) is 4.78. The summed E-state index contributed by atoms with van der Waals surface area (Å²) in [6.07, 6.45) is 5.63. The van der Waals surface area contributed by atoms with E-state index in [9.17, 15) is 9.59 Å². The number of benzene rings is 1. The molecule has 10 nitrogen and oxygen atoms in total. The average molecular weight is 501 g/mol. The Labute approximate surface area is 214 Å². The zero-order valence-electron chi connectivity index (χ0n) is 21.0. The smallest absolute Gasteiger partial charge is 0.407 e. The fourth-order valence-corrected chi connectivity index (χ4v) is 5.24. The molecule has 1 fully saturated rings. The second kappa shape index (κ2) is 10.0. The monoisotopic (exact) mass is 500 g/mol. The molecule has 2 aliphatic heterocycles. The van der Waals surface area contributed by atoms with E-state index in [2.05, 4.69) is 26.4 Å². The number of carbonyl (C=O) groups is 2. The van der Waals surface area contributed by atoms with Crippen molar-refractivity contribution < 1.29 is 19.1 Å². The van der Waals surface area contributed by atoms with Gasteiger partial charge in [-0.25, -0.2) is 19.3 Å². The van der Waals surface area contributed by atoms with E-state index in [1.54, 1.807) is 10.9 Å². The van der Waals surface area contributed by atoms with Crippen molar-refractivity contribution in [1.29, 1.82) is 5.26 Å². The third-order valence-corrected chi connectivity index (χ3v) is 7.29. The van der Waals surface area contributed by atoms with Gasteiger partial charge in [-0.3, -0.25) is 4.90 Å². The molecule has 0 saturated carbocycles. The number of nitrogens with zero attached hydrogens (tertiary/aromatic N) is 5. The van der Waals surface area contributed by atoms with Crippen molar-refractivity contribution >= 4 is 12.1 Å². The van der Waals surface area contributed by atoms with E-state index < -0.39 is 6.09 Å². The average Bonchev–Trinajstić information content (AvgIpc) is 3.52. The molecule has 5 rings (SSSR count). The maximum Gasteiger partial charge on any atom is 0.407 e. The minimum atomic E-state index is -0.452. The zero-order valence-corrected chi connectivity index (χ0v) is 21.0. The summed E-state index contributed by atoms with van der Waals surface area (Å²) in [6.45, 7) is 6.35. The Morgan fingerprint density at radius 3 is 2.92 bits per heavy atom. The lowest BCUT2D eigenvalue weighted by atomic mass is 9.82. The lowest BCUT2D eigenvalue weighted by Gasteiger charge is -2.39. The van der Waals surface area contributed by atoms with E-state index >= 15 is 0 Å². The third-order valence-electron chi connectivity index (χ3n) is 7.29. The summed E-state index contributed by atoms with van der Waals surface area (Å²) in [5.41, 5.74) is 6.09. The van der Waals surface area contributed by atoms with Crippen LogP contribution in [0.25, 0.3) is 5.82 Å². The predicted molar refractivity (Wildman–Crippen MR) is 133 cm³/mol. The molecular weight excluding hydrogens is 472 g/mol. The van der Waals surface area contributed by atoms with Crippen LogP contribution in [0, 0.1) is 25.2 Å². The quantitative estimate of drug-likeness (QED) is 0.530. The van der Waals surface area contributed by atoms with Crippen LogP contribution in [0.5, 0.6) is 0 Å². The van der Waals surface area contributed by atoms with E-state index in [-0.39, 0.29) is 24.5 Å². The molecule has 0 spiro atoms. The number of methoxy groups -OCH3 is 1. The molecule has 0 aliphatic carbocycles. The highest BCUT2D eigenvalue weighted by molar-refractivity contribution is 5.94. The summed E-state index contributed by atoms with van der Waals surface area (Å²) in [7, 11) is 1.37. The predicted octanol–water partition coefficient (Wildman–Crippen LogP) is 3.14. The van der Waals surface area contributed by atoms with E-state index in [0.717, 1.165) is 40.8 Å². The van der Waals surface area contributed by atoms with Crippen molar-refractivity contribution in [2.75, 3.05) is 20.2 Å². The first-order valence-corrected chi connectivity index (χ1v) is 12.1. The molecule has 0 radical (unpaired) electrons. The first-order chi connectivity index (χ1) is 17.9. The summed E-state index contributed by atoms with van der Waals surface area (Å²) >= 11 is 0. The van der Waals surface area contributed by atoms with Crippen molar-refractivity contribution in [2.24, 2.45) is 0 Å². The number of carbonyl (C=O) groups excluding carboxylic acids is 2. The Morgan fingerprint density at radius 1 is 1.32 bits per heavy atom. The minimum Gasteiger partial charge on any atom is -0.457 e. The van der Waals surface area contributed by atoms with Gasteiger partial charge in [-0.2, -0.15) is 10.4 Å². The normalized spacial score (nSPS) is 19.1. The fourth-order valence-electron chi connectivity index (χ4n) is 5.24. The lowest BCUT2D eigenvalue weighted by Crippen LogP contribution is -2.49. The fraction of sp³-hybridized carbons (Fsp3) is 0.370. The number of ether oxygens (including phenoxy) is 2. The summed E-state index contributed by atoms with van der Waals surface area (Å²) < 4.78 is 11.8. The highest BCUT2D eigenvalue weighted by atomic mass is 16.5. The van der Waals surface area contributed by atoms with Crippen molar-refractivity contribution in [3.05, 3.63) is 75.7 Å². The van der Waals surface area contributed by atoms with Crippen LogP contribution in [0.3, 0.4) is 0 Å². The van der Waals surface area contributed by atoms with E-state index in [4.69, 9.17) is 14.7 Å². The number of alkyl carbamates (subject to hydrolysis) is 1. The van der Waals surface area contributed by atoms with Gasteiger partial charge >= 0.3 is 12.1 Å². The standard InChI is InChI=1S/C27H28N6O4/c1-16-8-25(29-11-19(16)9-28)33-13-18(10-30-33)12-32-7-6-24(31-27(35)36-3)22(14-32)20-4-5-21-23(17(20)2)15-37-26(21)34/h4-5,8,10-11,13,22,24H,6-7,12,14-15H2,1-3H3,(H,31,35). The molecular formula is C27H28N6O4. The van der Waals surface area contributed by atoms with Gasteiger partial charge in [-0.1, -0.05) is 6.07 Å². The number of nitrogens with one attached hydrogen (secondary N) is 1. The molecule has 1 N–H and O–H groups in total. The van der Waals surface area contributed by atoms with Gasteiger partial charge in [-0.05, 0) is 49.1 Å². The van der Waals surface area contributed by atoms with Gasteiger partial charge < -0.3 is 14.8 Å². The maximum absolute atomic E-state index is 12.1. The second-order valence-electron chi connectivity index (χ2n) is 9.52. The number of aromatic nitrogens is 3. The molecule has 3 aromatic rings. The number of rotatable bonds is 5. The van der Waals surface area contributed by atoms with Crippen LogP contribution in [0.1, 0.15) is 56.1 Å². The van der Waals surface area contributed by atoms with Crippen LogP contribution in [-0.4, -0.2) is 58.0 Å². The molecule has 2 aliphatic rings. The van der Waals surface area contributed by atoms with Gasteiger partial charge in [-0.15, -0.1) is 0 Å². The number of amides is 1. The Morgan fingerprint density at radius 2 is 2.16 bits per heavy atom. The number of cyclic esters (lactones) is 1. The van der Waals surface area contributed by atoms with Gasteiger partial charge in [0.05, 0.1) is 24.4 Å². The van der Waals surface area contributed by atoms with Gasteiger partial charge in [0.2, 0.25) is 0 Å². The number of hydrogen-bond acceptors (Lipinski definition) is 8. The molecule has 4 heterocycles. The largest absolute Gasteiger partial charge is 0.457 e. The van der Waals surface area contributed by atoms with Crippen molar-refractivity contribution in [2.45, 2.75) is 45.4 Å². The van der Waals surface area contributed by atoms with E-state index in [0.29, 0.717) is 30.0 Å². The molecule has 1 saturated heterocycles. The molecule has 10 heteroatoms. The highest BCUT2D eigenvalue weighted by Crippen LogP contribution is 2.35. The van der Waals surface area contributed by atoms with Gasteiger partial charge in [0, 0.05) is 55.1 Å². The molecule has 2 atom stereocenters. The number of likely N-dealkylation sites (tertiary alicyclic amines) is 1. The maximum atomic E-state index is 12.1. The Balaban J connectivity index is 1.37. The highest BCUT2D eigenvalue weighted by Gasteiger charge is 2.35. The van der Waals surface area contributed by atoms with Crippen LogP contribution < -0.4 is 5.32 Å². The SMILES string of the molecule is COC(=O)NC1CCN(Cc2cnn(-c3cc(C)c(C#N)cn3)c2)CC1c1ccc2c(c1C)COC2=O. The summed E-state index contributed by atoms with van der Waals surface area (Å²) in [5.74, 6) is 0.377. The molecule has 190 valence electrons. The second-order valence-corrected chi connectivity index (χ2v) is 9.52. The molecule has 37 heavy (non-hydrogen) atoms. The molecule has 1 aromatic carbocycles. The number of hydrogen-bond donors (Lipinski definition) is 1. The van der Waals surface area contributed by atoms with Crippen LogP contribution in [0.4, 0.5) is 4.79 Å². The topological polar surface area (TPSA) is 122 Å². The van der Waals surface area contributed by atoms with Gasteiger partial charge in [0.25, 0.3) is 0 Å². The Hall–Kier alpha value is -4.23. The summed E-state index contributed by atoms with van der Waals surface area (Å²) in [6, 6.07) is 7.69. The molecule has 2 unspecified atom stereocenters. The van der Waals surface area contributed by atoms with Crippen LogP contribution in [-0.2, 0) is 22.6 Å². The number of esters is 1. The first-order valence-electron chi connectivity index (χ1n) is 12.1. The molecule has 0 bridgehead atoms. The van der Waals surface area contributed by atoms with E-state index in [1.165, 1.54) is 7.11 Å². The van der Waals surface area contributed by atoms with E-state index in [1.807, 2.05) is 44.4 Å². The zero-order chi connectivity index (χ0) is 26.1. The number of fused-ring (bicyclic) bond motifs is 1. The number of aryl methyl sites for hydroxylation is 1. The summed E-state index contributed by atoms with van der Waals surface area (Å²) in [5, 5.41) is 16.6. The lowest BCUT2D eigenvalue weighted by molar-refractivity contribution is 0.0534. The number of pyridine rings is 1. The number of nitriles is 1. The summed E-state index contributed by atoms with van der Waals surface area (Å²) in [4.78, 5) is 30.8.